The van der Waals surface area contributed by atoms with Crippen LogP contribution in [-0.4, -0.2) is 25.1 Å². The van der Waals surface area contributed by atoms with E-state index in [1.807, 2.05) is 0 Å². The molecule has 0 spiro atoms. The fourth-order valence-corrected chi connectivity index (χ4v) is 1.57. The minimum absolute atomic E-state index is 0.361. The summed E-state index contributed by atoms with van der Waals surface area (Å²) in [5.41, 5.74) is 1.25. The van der Waals surface area contributed by atoms with Crippen LogP contribution in [0.2, 0.25) is 5.15 Å². The summed E-state index contributed by atoms with van der Waals surface area (Å²) in [7, 11) is 0. The monoisotopic (exact) mass is 259 g/mol. The summed E-state index contributed by atoms with van der Waals surface area (Å²) in [5.74, 6) is 0.742. The maximum atomic E-state index is 5.80. The summed E-state index contributed by atoms with van der Waals surface area (Å²) in [6.07, 6.45) is 6.28. The molecule has 0 bridgehead atoms. The highest BCUT2D eigenvalue weighted by Gasteiger charge is 2.11. The van der Waals surface area contributed by atoms with Crippen molar-refractivity contribution in [1.29, 1.82) is 0 Å². The number of nitrogens with zero attached hydrogens (tertiary/aromatic N) is 5. The van der Waals surface area contributed by atoms with Crippen molar-refractivity contribution in [3.05, 3.63) is 42.1 Å². The van der Waals surface area contributed by atoms with Crippen LogP contribution in [0.1, 0.15) is 0 Å². The van der Waals surface area contributed by atoms with Gasteiger partial charge in [-0.1, -0.05) is 16.8 Å². The Balaban J connectivity index is 2.00. The number of aromatic nitrogens is 5. The molecule has 0 unspecified atom stereocenters. The first-order valence-electron chi connectivity index (χ1n) is 5.05. The van der Waals surface area contributed by atoms with Crippen LogP contribution in [0.3, 0.4) is 0 Å². The molecule has 7 heteroatoms. The van der Waals surface area contributed by atoms with Crippen molar-refractivity contribution in [1.82, 2.24) is 25.1 Å². The SMILES string of the molecule is Clc1cc(-c2nc(-c3cnccn3)no2)ccn1. The lowest BCUT2D eigenvalue weighted by atomic mass is 10.3. The van der Waals surface area contributed by atoms with Crippen LogP contribution in [0, 0.1) is 0 Å². The van der Waals surface area contributed by atoms with Crippen LogP contribution in [0.4, 0.5) is 0 Å². The van der Waals surface area contributed by atoms with Crippen LogP contribution in [-0.2, 0) is 0 Å². The van der Waals surface area contributed by atoms with Gasteiger partial charge < -0.3 is 4.52 Å². The maximum absolute atomic E-state index is 5.80. The van der Waals surface area contributed by atoms with Gasteiger partial charge in [-0.05, 0) is 12.1 Å². The predicted molar refractivity (Wildman–Crippen MR) is 63.6 cm³/mol. The lowest BCUT2D eigenvalue weighted by molar-refractivity contribution is 0.432. The van der Waals surface area contributed by atoms with Crippen molar-refractivity contribution in [3.8, 4) is 23.0 Å². The lowest BCUT2D eigenvalue weighted by Gasteiger charge is -1.93. The van der Waals surface area contributed by atoms with Gasteiger partial charge in [0.1, 0.15) is 10.8 Å². The quantitative estimate of drug-likeness (QED) is 0.657. The second-order valence-corrected chi connectivity index (χ2v) is 3.77. The second-order valence-electron chi connectivity index (χ2n) is 3.38. The largest absolute Gasteiger partial charge is 0.334 e. The van der Waals surface area contributed by atoms with E-state index in [1.165, 1.54) is 0 Å². The van der Waals surface area contributed by atoms with Crippen LogP contribution in [0.5, 0.6) is 0 Å². The minimum atomic E-state index is 0.361. The molecule has 0 radical (unpaired) electrons. The van der Waals surface area contributed by atoms with Crippen LogP contribution >= 0.6 is 11.6 Å². The van der Waals surface area contributed by atoms with Crippen molar-refractivity contribution in [3.63, 3.8) is 0 Å². The van der Waals surface area contributed by atoms with Crippen molar-refractivity contribution >= 4 is 11.6 Å². The molecule has 88 valence electrons. The molecule has 6 nitrogen and oxygen atoms in total. The van der Waals surface area contributed by atoms with Crippen molar-refractivity contribution in [2.24, 2.45) is 0 Å². The van der Waals surface area contributed by atoms with E-state index in [9.17, 15) is 0 Å². The molecule has 0 fully saturated rings. The van der Waals surface area contributed by atoms with Crippen molar-refractivity contribution in [2.75, 3.05) is 0 Å². The third kappa shape index (κ3) is 2.05. The Labute approximate surface area is 107 Å². The average molecular weight is 260 g/mol. The van der Waals surface area contributed by atoms with Gasteiger partial charge in [-0.25, -0.2) is 9.97 Å². The molecule has 0 saturated heterocycles. The van der Waals surface area contributed by atoms with E-state index in [0.717, 1.165) is 0 Å². The second kappa shape index (κ2) is 4.50. The summed E-state index contributed by atoms with van der Waals surface area (Å²) < 4.78 is 5.14. The molecule has 3 aromatic rings. The average Bonchev–Trinajstić information content (AvgIpc) is 2.89. The van der Waals surface area contributed by atoms with Gasteiger partial charge in [0.25, 0.3) is 5.89 Å². The zero-order valence-electron chi connectivity index (χ0n) is 8.99. The van der Waals surface area contributed by atoms with Gasteiger partial charge in [0.15, 0.2) is 0 Å². The Morgan fingerprint density at radius 2 is 2.06 bits per heavy atom. The summed E-state index contributed by atoms with van der Waals surface area (Å²) in [4.78, 5) is 16.1. The molecule has 3 aromatic heterocycles. The van der Waals surface area contributed by atoms with E-state index in [1.54, 1.807) is 36.9 Å². The van der Waals surface area contributed by atoms with Gasteiger partial charge in [-0.2, -0.15) is 4.98 Å². The van der Waals surface area contributed by atoms with Gasteiger partial charge in [-0.3, -0.25) is 4.98 Å². The Morgan fingerprint density at radius 3 is 2.83 bits per heavy atom. The molecule has 0 N–H and O–H groups in total. The highest BCUT2D eigenvalue weighted by molar-refractivity contribution is 6.29. The van der Waals surface area contributed by atoms with E-state index < -0.39 is 0 Å². The molecule has 0 saturated carbocycles. The zero-order chi connectivity index (χ0) is 12.4. The Morgan fingerprint density at radius 1 is 1.11 bits per heavy atom. The molecular weight excluding hydrogens is 254 g/mol. The van der Waals surface area contributed by atoms with Gasteiger partial charge in [-0.15, -0.1) is 0 Å². The molecule has 0 aliphatic rings. The van der Waals surface area contributed by atoms with Crippen LogP contribution < -0.4 is 0 Å². The first kappa shape index (κ1) is 10.8. The number of hydrogen-bond acceptors (Lipinski definition) is 6. The molecule has 3 heterocycles. The number of pyridine rings is 1. The molecule has 18 heavy (non-hydrogen) atoms. The minimum Gasteiger partial charge on any atom is -0.334 e. The first-order chi connectivity index (χ1) is 8.83. The number of hydrogen-bond donors (Lipinski definition) is 0. The fraction of sp³-hybridized carbons (Fsp3) is 0. The Bertz CT molecular complexity index is 670. The lowest BCUT2D eigenvalue weighted by Crippen LogP contribution is -1.86. The van der Waals surface area contributed by atoms with Crippen LogP contribution in [0.15, 0.2) is 41.4 Å². The highest BCUT2D eigenvalue weighted by atomic mass is 35.5. The summed E-state index contributed by atoms with van der Waals surface area (Å²) in [6.45, 7) is 0. The predicted octanol–water partition coefficient (Wildman–Crippen LogP) is 2.24. The topological polar surface area (TPSA) is 77.6 Å². The van der Waals surface area contributed by atoms with Gasteiger partial charge >= 0.3 is 0 Å². The molecule has 0 amide bonds. The van der Waals surface area contributed by atoms with E-state index in [4.69, 9.17) is 16.1 Å². The molecule has 0 atom stereocenters. The van der Waals surface area contributed by atoms with Gasteiger partial charge in [0.2, 0.25) is 5.82 Å². The first-order valence-corrected chi connectivity index (χ1v) is 5.43. The fourth-order valence-electron chi connectivity index (χ4n) is 1.39. The third-order valence-electron chi connectivity index (χ3n) is 2.19. The normalized spacial score (nSPS) is 10.5. The van der Waals surface area contributed by atoms with E-state index >= 15 is 0 Å². The molecule has 0 aliphatic heterocycles. The molecule has 3 rings (SSSR count). The third-order valence-corrected chi connectivity index (χ3v) is 2.40. The van der Waals surface area contributed by atoms with Crippen molar-refractivity contribution in [2.45, 2.75) is 0 Å². The van der Waals surface area contributed by atoms with E-state index in [-0.39, 0.29) is 0 Å². The Hall–Kier alpha value is -2.34. The smallest absolute Gasteiger partial charge is 0.258 e. The van der Waals surface area contributed by atoms with Crippen LogP contribution in [0.25, 0.3) is 23.0 Å². The zero-order valence-corrected chi connectivity index (χ0v) is 9.74. The van der Waals surface area contributed by atoms with Crippen molar-refractivity contribution < 1.29 is 4.52 Å². The molecule has 0 aliphatic carbocycles. The highest BCUT2D eigenvalue weighted by Crippen LogP contribution is 2.21. The maximum Gasteiger partial charge on any atom is 0.258 e. The summed E-state index contributed by atoms with van der Waals surface area (Å²) in [5, 5.41) is 4.21. The van der Waals surface area contributed by atoms with E-state index in [0.29, 0.717) is 28.1 Å². The molecule has 0 aromatic carbocycles. The number of halogens is 1. The molecular formula is C11H6ClN5O. The van der Waals surface area contributed by atoms with E-state index in [2.05, 4.69) is 25.1 Å². The standard InChI is InChI=1S/C11H6ClN5O/c12-9-5-7(1-2-15-9)11-16-10(17-18-11)8-6-13-3-4-14-8/h1-6H. The van der Waals surface area contributed by atoms with Gasteiger partial charge in [0.05, 0.1) is 6.20 Å². The summed E-state index contributed by atoms with van der Waals surface area (Å²) in [6, 6.07) is 3.38. The van der Waals surface area contributed by atoms with Gasteiger partial charge in [0, 0.05) is 24.2 Å². The Kier molecular flexibility index (Phi) is 2.70. The summed E-state index contributed by atoms with van der Waals surface area (Å²) >= 11 is 5.80. The number of rotatable bonds is 2.